The summed E-state index contributed by atoms with van der Waals surface area (Å²) in [6, 6.07) is 7.97. The van der Waals surface area contributed by atoms with Gasteiger partial charge in [0.05, 0.1) is 6.61 Å². The molecule has 1 aromatic rings. The van der Waals surface area contributed by atoms with E-state index in [0.29, 0.717) is 12.6 Å². The van der Waals surface area contributed by atoms with Crippen molar-refractivity contribution in [3.8, 4) is 0 Å². The van der Waals surface area contributed by atoms with E-state index in [4.69, 9.17) is 15.2 Å². The van der Waals surface area contributed by atoms with Crippen molar-refractivity contribution in [2.75, 3.05) is 32.7 Å². The summed E-state index contributed by atoms with van der Waals surface area (Å²) in [6.07, 6.45) is 4.77. The van der Waals surface area contributed by atoms with Crippen LogP contribution in [0.25, 0.3) is 0 Å². The highest BCUT2D eigenvalue weighted by atomic mass is 16.5. The Morgan fingerprint density at radius 2 is 2.05 bits per heavy atom. The van der Waals surface area contributed by atoms with Crippen molar-refractivity contribution in [2.45, 2.75) is 32.3 Å². The predicted octanol–water partition coefficient (Wildman–Crippen LogP) is 2.77. The third-order valence-electron chi connectivity index (χ3n) is 4.42. The molecule has 0 saturated heterocycles. The van der Waals surface area contributed by atoms with Crippen LogP contribution >= 0.6 is 0 Å². The van der Waals surface area contributed by atoms with Gasteiger partial charge in [-0.1, -0.05) is 24.6 Å². The predicted molar refractivity (Wildman–Crippen MR) is 90.0 cm³/mol. The molecule has 1 saturated carbocycles. The number of hydrogen-bond donors (Lipinski definition) is 2. The highest BCUT2D eigenvalue weighted by Gasteiger charge is 2.36. The zero-order valence-corrected chi connectivity index (χ0v) is 13.6. The first-order valence-corrected chi connectivity index (χ1v) is 7.82. The highest BCUT2D eigenvalue weighted by molar-refractivity contribution is 5.93. The van der Waals surface area contributed by atoms with E-state index in [1.807, 2.05) is 24.3 Å². The first-order chi connectivity index (χ1) is 10.7. The summed E-state index contributed by atoms with van der Waals surface area (Å²) < 4.78 is 10.4. The largest absolute Gasteiger partial charge is 0.385 e. The molecule has 2 rings (SSSR count). The number of guanidine groups is 1. The Balaban J connectivity index is 1.95. The number of methoxy groups -OCH3 is 2. The van der Waals surface area contributed by atoms with Crippen LogP contribution in [0.3, 0.4) is 0 Å². The van der Waals surface area contributed by atoms with Gasteiger partial charge in [0.15, 0.2) is 5.96 Å². The van der Waals surface area contributed by atoms with Gasteiger partial charge in [-0.25, -0.2) is 0 Å². The van der Waals surface area contributed by atoms with Crippen molar-refractivity contribution in [2.24, 2.45) is 16.1 Å². The molecule has 0 unspecified atom stereocenters. The Labute approximate surface area is 132 Å². The van der Waals surface area contributed by atoms with Gasteiger partial charge in [-0.15, -0.1) is 0 Å². The fraction of sp³-hybridized carbons (Fsp3) is 0.588. The summed E-state index contributed by atoms with van der Waals surface area (Å²) in [4.78, 5) is 4.55. The molecule has 0 spiro atoms. The third kappa shape index (κ3) is 4.45. The van der Waals surface area contributed by atoms with Crippen LogP contribution in [0.1, 0.15) is 31.2 Å². The number of para-hydroxylation sites is 1. The number of nitrogens with one attached hydrogen (secondary N) is 1. The van der Waals surface area contributed by atoms with Gasteiger partial charge in [0.2, 0.25) is 0 Å². The van der Waals surface area contributed by atoms with Crippen molar-refractivity contribution in [3.63, 3.8) is 0 Å². The molecule has 1 aromatic carbocycles. The number of hydrogen-bond acceptors (Lipinski definition) is 3. The molecule has 5 nitrogen and oxygen atoms in total. The molecule has 0 atom stereocenters. The summed E-state index contributed by atoms with van der Waals surface area (Å²) in [7, 11) is 3.43. The Kier molecular flexibility index (Phi) is 6.21. The molecule has 1 aliphatic carbocycles. The molecule has 5 heteroatoms. The van der Waals surface area contributed by atoms with Gasteiger partial charge in [0.25, 0.3) is 0 Å². The second-order valence-electron chi connectivity index (χ2n) is 6.01. The number of nitrogens with two attached hydrogens (primary N) is 1. The molecule has 22 heavy (non-hydrogen) atoms. The SMILES string of the molecule is COCCC1(CN=C(N)Nc2ccccc2COC)CCC1. The summed E-state index contributed by atoms with van der Waals surface area (Å²) in [5, 5.41) is 3.19. The molecule has 0 heterocycles. The summed E-state index contributed by atoms with van der Waals surface area (Å²) >= 11 is 0. The lowest BCUT2D eigenvalue weighted by molar-refractivity contribution is 0.0780. The second kappa shape index (κ2) is 8.15. The molecule has 0 bridgehead atoms. The number of rotatable bonds is 8. The number of benzene rings is 1. The summed E-state index contributed by atoms with van der Waals surface area (Å²) in [5.74, 6) is 0.465. The number of nitrogens with zero attached hydrogens (tertiary/aromatic N) is 1. The zero-order chi connectivity index (χ0) is 15.8. The molecular formula is C17H27N3O2. The molecule has 0 aliphatic heterocycles. The average molecular weight is 305 g/mol. The number of anilines is 1. The summed E-state index contributed by atoms with van der Waals surface area (Å²) in [6.45, 7) is 2.11. The Hall–Kier alpha value is -1.59. The topological polar surface area (TPSA) is 68.9 Å². The smallest absolute Gasteiger partial charge is 0.193 e. The van der Waals surface area contributed by atoms with Gasteiger partial charge < -0.3 is 20.5 Å². The van der Waals surface area contributed by atoms with Gasteiger partial charge in [0.1, 0.15) is 0 Å². The molecular weight excluding hydrogens is 278 g/mol. The Bertz CT molecular complexity index is 498. The lowest BCUT2D eigenvalue weighted by Crippen LogP contribution is -2.35. The van der Waals surface area contributed by atoms with Gasteiger partial charge in [-0.05, 0) is 30.7 Å². The zero-order valence-electron chi connectivity index (χ0n) is 13.6. The molecule has 1 aliphatic rings. The molecule has 3 N–H and O–H groups in total. The van der Waals surface area contributed by atoms with Gasteiger partial charge in [-0.3, -0.25) is 4.99 Å². The van der Waals surface area contributed by atoms with E-state index in [1.54, 1.807) is 14.2 Å². The van der Waals surface area contributed by atoms with E-state index in [-0.39, 0.29) is 5.41 Å². The number of ether oxygens (including phenoxy) is 2. The third-order valence-corrected chi connectivity index (χ3v) is 4.42. The second-order valence-corrected chi connectivity index (χ2v) is 6.01. The van der Waals surface area contributed by atoms with Crippen molar-refractivity contribution in [1.29, 1.82) is 0 Å². The standard InChI is InChI=1S/C17H27N3O2/c1-21-11-10-17(8-5-9-17)13-19-16(18)20-15-7-4-3-6-14(15)12-22-2/h3-4,6-7H,5,8-13H2,1-2H3,(H3,18,19,20). The molecule has 0 aromatic heterocycles. The van der Waals surface area contributed by atoms with Gasteiger partial charge in [-0.2, -0.15) is 0 Å². The lowest BCUT2D eigenvalue weighted by atomic mass is 9.67. The van der Waals surface area contributed by atoms with Gasteiger partial charge in [0, 0.05) is 38.6 Å². The van der Waals surface area contributed by atoms with Crippen LogP contribution in [0.2, 0.25) is 0 Å². The van der Waals surface area contributed by atoms with E-state index in [0.717, 1.165) is 30.8 Å². The van der Waals surface area contributed by atoms with E-state index >= 15 is 0 Å². The Morgan fingerprint density at radius 1 is 1.27 bits per heavy atom. The van der Waals surface area contributed by atoms with E-state index in [9.17, 15) is 0 Å². The molecule has 1 fully saturated rings. The van der Waals surface area contributed by atoms with Crippen LogP contribution < -0.4 is 11.1 Å². The van der Waals surface area contributed by atoms with Crippen LogP contribution in [-0.4, -0.2) is 33.3 Å². The van der Waals surface area contributed by atoms with Gasteiger partial charge >= 0.3 is 0 Å². The minimum absolute atomic E-state index is 0.286. The average Bonchev–Trinajstić information content (AvgIpc) is 2.48. The van der Waals surface area contributed by atoms with Crippen LogP contribution in [0.5, 0.6) is 0 Å². The minimum atomic E-state index is 0.286. The maximum atomic E-state index is 6.05. The van der Waals surface area contributed by atoms with Crippen LogP contribution in [0.4, 0.5) is 5.69 Å². The lowest BCUT2D eigenvalue weighted by Gasteiger charge is -2.40. The first kappa shape index (κ1) is 16.8. The minimum Gasteiger partial charge on any atom is -0.385 e. The van der Waals surface area contributed by atoms with E-state index in [2.05, 4.69) is 10.3 Å². The summed E-state index contributed by atoms with van der Waals surface area (Å²) in [5.41, 5.74) is 8.36. The van der Waals surface area contributed by atoms with Crippen LogP contribution in [0.15, 0.2) is 29.3 Å². The normalized spacial score (nSPS) is 17.1. The number of aliphatic imine (C=N–C) groups is 1. The van der Waals surface area contributed by atoms with Crippen molar-refractivity contribution >= 4 is 11.6 Å². The van der Waals surface area contributed by atoms with Crippen molar-refractivity contribution < 1.29 is 9.47 Å². The monoisotopic (exact) mass is 305 g/mol. The quantitative estimate of drug-likeness (QED) is 0.572. The molecule has 0 radical (unpaired) electrons. The van der Waals surface area contributed by atoms with Crippen molar-refractivity contribution in [1.82, 2.24) is 0 Å². The van der Waals surface area contributed by atoms with Crippen molar-refractivity contribution in [3.05, 3.63) is 29.8 Å². The fourth-order valence-corrected chi connectivity index (χ4v) is 2.84. The molecule has 122 valence electrons. The maximum Gasteiger partial charge on any atom is 0.193 e. The fourth-order valence-electron chi connectivity index (χ4n) is 2.84. The van der Waals surface area contributed by atoms with Crippen LogP contribution in [0, 0.1) is 5.41 Å². The van der Waals surface area contributed by atoms with Crippen LogP contribution in [-0.2, 0) is 16.1 Å². The first-order valence-electron chi connectivity index (χ1n) is 7.82. The maximum absolute atomic E-state index is 6.05. The van der Waals surface area contributed by atoms with E-state index < -0.39 is 0 Å². The highest BCUT2D eigenvalue weighted by Crippen LogP contribution is 2.44. The molecule has 0 amide bonds. The Morgan fingerprint density at radius 3 is 2.68 bits per heavy atom. The van der Waals surface area contributed by atoms with E-state index in [1.165, 1.54) is 19.3 Å².